The molecule has 0 aliphatic rings. The molecule has 1 aromatic rings. The maximum absolute atomic E-state index is 12.3. The van der Waals surface area contributed by atoms with Crippen LogP contribution < -0.4 is 0 Å². The van der Waals surface area contributed by atoms with Crippen LogP contribution in [-0.4, -0.2) is 16.3 Å². The number of nitro benzene ring substituents is 1. The number of alkyl halides is 3. The van der Waals surface area contributed by atoms with Crippen LogP contribution in [0.2, 0.25) is 0 Å². The number of phenols is 1. The van der Waals surface area contributed by atoms with E-state index in [2.05, 4.69) is 0 Å². The monoisotopic (exact) mass is 235 g/mol. The Morgan fingerprint density at radius 3 is 2.31 bits per heavy atom. The van der Waals surface area contributed by atoms with Crippen molar-refractivity contribution >= 4 is 12.0 Å². The van der Waals surface area contributed by atoms with Crippen LogP contribution in [0.4, 0.5) is 18.9 Å². The molecule has 0 atom stereocenters. The zero-order chi connectivity index (χ0) is 12.5. The smallest absolute Gasteiger partial charge is 0.420 e. The van der Waals surface area contributed by atoms with Gasteiger partial charge in [0.1, 0.15) is 11.8 Å². The second-order valence-electron chi connectivity index (χ2n) is 2.81. The number of aldehydes is 1. The van der Waals surface area contributed by atoms with Crippen molar-refractivity contribution in [1.82, 2.24) is 0 Å². The molecule has 16 heavy (non-hydrogen) atoms. The third kappa shape index (κ3) is 2.10. The highest BCUT2D eigenvalue weighted by atomic mass is 19.4. The van der Waals surface area contributed by atoms with Crippen LogP contribution in [0, 0.1) is 10.1 Å². The van der Waals surface area contributed by atoms with Gasteiger partial charge in [-0.15, -0.1) is 0 Å². The largest absolute Gasteiger partial charge is 0.502 e. The molecule has 1 N–H and O–H groups in total. The van der Waals surface area contributed by atoms with Crippen LogP contribution in [-0.2, 0) is 6.18 Å². The maximum atomic E-state index is 12.3. The number of nitro groups is 1. The van der Waals surface area contributed by atoms with E-state index in [-0.39, 0.29) is 6.29 Å². The first-order valence-corrected chi connectivity index (χ1v) is 3.81. The fourth-order valence-electron chi connectivity index (χ4n) is 1.06. The van der Waals surface area contributed by atoms with Gasteiger partial charge in [0.15, 0.2) is 0 Å². The van der Waals surface area contributed by atoms with Crippen LogP contribution in [0.5, 0.6) is 5.75 Å². The summed E-state index contributed by atoms with van der Waals surface area (Å²) in [5.74, 6) is -1.50. The average Bonchev–Trinajstić information content (AvgIpc) is 2.15. The first kappa shape index (κ1) is 12.0. The molecule has 0 aromatic heterocycles. The Balaban J connectivity index is 3.56. The van der Waals surface area contributed by atoms with Crippen molar-refractivity contribution in [2.45, 2.75) is 6.18 Å². The van der Waals surface area contributed by atoms with Crippen molar-refractivity contribution in [3.8, 4) is 5.75 Å². The lowest BCUT2D eigenvalue weighted by Gasteiger charge is -2.09. The zero-order valence-electron chi connectivity index (χ0n) is 7.49. The van der Waals surface area contributed by atoms with Gasteiger partial charge in [0.2, 0.25) is 5.75 Å². The van der Waals surface area contributed by atoms with Crippen molar-refractivity contribution in [1.29, 1.82) is 0 Å². The topological polar surface area (TPSA) is 80.4 Å². The predicted molar refractivity (Wildman–Crippen MR) is 45.2 cm³/mol. The zero-order valence-corrected chi connectivity index (χ0v) is 7.49. The summed E-state index contributed by atoms with van der Waals surface area (Å²) < 4.78 is 36.9. The van der Waals surface area contributed by atoms with Crippen molar-refractivity contribution in [3.63, 3.8) is 0 Å². The second kappa shape index (κ2) is 3.80. The molecule has 0 saturated carbocycles. The van der Waals surface area contributed by atoms with Crippen molar-refractivity contribution < 1.29 is 28.0 Å². The summed E-state index contributed by atoms with van der Waals surface area (Å²) in [4.78, 5) is 19.4. The summed E-state index contributed by atoms with van der Waals surface area (Å²) in [7, 11) is 0. The van der Waals surface area contributed by atoms with E-state index in [1.54, 1.807) is 0 Å². The average molecular weight is 235 g/mol. The molecule has 0 unspecified atom stereocenters. The lowest BCUT2D eigenvalue weighted by molar-refractivity contribution is -0.386. The molecule has 0 aliphatic carbocycles. The summed E-state index contributed by atoms with van der Waals surface area (Å²) in [5.41, 5.74) is -3.29. The molecular formula is C8H4F3NO4. The van der Waals surface area contributed by atoms with Gasteiger partial charge in [0.05, 0.1) is 4.92 Å². The minimum atomic E-state index is -4.96. The van der Waals surface area contributed by atoms with E-state index in [0.717, 1.165) is 0 Å². The Morgan fingerprint density at radius 1 is 1.38 bits per heavy atom. The molecule has 0 aliphatic heterocycles. The summed E-state index contributed by atoms with van der Waals surface area (Å²) in [5, 5.41) is 19.4. The number of benzene rings is 1. The van der Waals surface area contributed by atoms with E-state index in [9.17, 15) is 28.1 Å². The van der Waals surface area contributed by atoms with Crippen molar-refractivity contribution in [2.24, 2.45) is 0 Å². The van der Waals surface area contributed by atoms with Crippen LogP contribution >= 0.6 is 0 Å². The molecule has 8 heteroatoms. The molecule has 0 amide bonds. The first-order chi connectivity index (χ1) is 7.27. The number of halogens is 3. The van der Waals surface area contributed by atoms with Gasteiger partial charge < -0.3 is 5.11 Å². The SMILES string of the molecule is O=Cc1cc([N+](=O)[O-])c(O)c(C(F)(F)F)c1. The number of rotatable bonds is 2. The summed E-state index contributed by atoms with van der Waals surface area (Å²) in [6.45, 7) is 0. The molecule has 0 fully saturated rings. The fourth-order valence-corrected chi connectivity index (χ4v) is 1.06. The standard InChI is InChI=1S/C8H4F3NO4/c9-8(10,11)5-1-4(3-13)2-6(7(5)14)12(15)16/h1-3,14H. The highest BCUT2D eigenvalue weighted by Gasteiger charge is 2.37. The quantitative estimate of drug-likeness (QED) is 0.483. The van der Waals surface area contributed by atoms with E-state index >= 15 is 0 Å². The number of phenolic OH excluding ortho intramolecular Hbond substituents is 1. The van der Waals surface area contributed by atoms with E-state index in [4.69, 9.17) is 5.11 Å². The Labute approximate surface area is 86.3 Å². The Bertz CT molecular complexity index is 455. The molecule has 0 heterocycles. The van der Waals surface area contributed by atoms with Crippen LogP contribution in [0.15, 0.2) is 12.1 Å². The van der Waals surface area contributed by atoms with Gasteiger partial charge in [0.25, 0.3) is 0 Å². The second-order valence-corrected chi connectivity index (χ2v) is 2.81. The van der Waals surface area contributed by atoms with Crippen LogP contribution in [0.25, 0.3) is 0 Å². The van der Waals surface area contributed by atoms with Gasteiger partial charge in [-0.1, -0.05) is 0 Å². The minimum Gasteiger partial charge on any atom is -0.502 e. The molecule has 86 valence electrons. The lowest BCUT2D eigenvalue weighted by atomic mass is 10.1. The van der Waals surface area contributed by atoms with Crippen molar-refractivity contribution in [2.75, 3.05) is 0 Å². The third-order valence-corrected chi connectivity index (χ3v) is 1.75. The van der Waals surface area contributed by atoms with E-state index in [1.165, 1.54) is 0 Å². The Morgan fingerprint density at radius 2 is 1.94 bits per heavy atom. The number of nitrogens with zero attached hydrogens (tertiary/aromatic N) is 1. The number of carbonyl (C=O) groups excluding carboxylic acids is 1. The normalized spacial score (nSPS) is 11.2. The summed E-state index contributed by atoms with van der Waals surface area (Å²) >= 11 is 0. The molecule has 5 nitrogen and oxygen atoms in total. The summed E-state index contributed by atoms with van der Waals surface area (Å²) in [6, 6.07) is 0.910. The molecule has 1 rings (SSSR count). The van der Waals surface area contributed by atoms with Gasteiger partial charge in [-0.2, -0.15) is 13.2 Å². The minimum absolute atomic E-state index is 0.0294. The Kier molecular flexibility index (Phi) is 2.84. The molecule has 1 aromatic carbocycles. The van der Waals surface area contributed by atoms with Crippen LogP contribution in [0.3, 0.4) is 0 Å². The predicted octanol–water partition coefficient (Wildman–Crippen LogP) is 2.13. The number of hydrogen-bond acceptors (Lipinski definition) is 4. The molecular weight excluding hydrogens is 231 g/mol. The van der Waals surface area contributed by atoms with Gasteiger partial charge in [0, 0.05) is 11.6 Å². The maximum Gasteiger partial charge on any atom is 0.420 e. The first-order valence-electron chi connectivity index (χ1n) is 3.81. The lowest BCUT2D eigenvalue weighted by Crippen LogP contribution is -2.07. The highest BCUT2D eigenvalue weighted by Crippen LogP contribution is 2.41. The van der Waals surface area contributed by atoms with Gasteiger partial charge >= 0.3 is 11.9 Å². The number of carbonyl (C=O) groups is 1. The highest BCUT2D eigenvalue weighted by molar-refractivity contribution is 5.78. The Hall–Kier alpha value is -2.12. The summed E-state index contributed by atoms with van der Waals surface area (Å²) in [6.07, 6.45) is -4.93. The molecule has 0 saturated heterocycles. The van der Waals surface area contributed by atoms with Crippen LogP contribution in [0.1, 0.15) is 15.9 Å². The molecule has 0 bridgehead atoms. The van der Waals surface area contributed by atoms with E-state index in [1.807, 2.05) is 0 Å². The van der Waals surface area contributed by atoms with E-state index in [0.29, 0.717) is 12.1 Å². The molecule has 0 spiro atoms. The van der Waals surface area contributed by atoms with Crippen molar-refractivity contribution in [3.05, 3.63) is 33.4 Å². The van der Waals surface area contributed by atoms with Gasteiger partial charge in [-0.3, -0.25) is 14.9 Å². The number of aromatic hydroxyl groups is 1. The fraction of sp³-hybridized carbons (Fsp3) is 0.125. The van der Waals surface area contributed by atoms with Gasteiger partial charge in [-0.05, 0) is 6.07 Å². The number of hydrogen-bond donors (Lipinski definition) is 1. The van der Waals surface area contributed by atoms with E-state index < -0.39 is 33.7 Å². The molecule has 0 radical (unpaired) electrons. The third-order valence-electron chi connectivity index (χ3n) is 1.75. The van der Waals surface area contributed by atoms with Gasteiger partial charge in [-0.25, -0.2) is 0 Å².